The number of hydrogen-bond donors (Lipinski definition) is 0. The SMILES string of the molecule is CC(=O)N(C)c1nccnc1Cc1nc(-c2cc3c(cn2)N(C(C)C)CC3)ns1. The van der Waals surface area contributed by atoms with Gasteiger partial charge in [-0.15, -0.1) is 0 Å². The number of rotatable bonds is 5. The van der Waals surface area contributed by atoms with Crippen molar-refractivity contribution in [3.05, 3.63) is 40.9 Å². The number of nitrogens with zero attached hydrogens (tertiary/aromatic N) is 7. The minimum absolute atomic E-state index is 0.0949. The molecular weight excluding hydrogens is 386 g/mol. The van der Waals surface area contributed by atoms with Crippen LogP contribution in [0.15, 0.2) is 24.7 Å². The zero-order chi connectivity index (χ0) is 20.5. The number of aromatic nitrogens is 5. The Bertz CT molecular complexity index is 1050. The van der Waals surface area contributed by atoms with E-state index in [1.807, 2.05) is 6.20 Å². The Morgan fingerprint density at radius 1 is 1.28 bits per heavy atom. The van der Waals surface area contributed by atoms with Gasteiger partial charge in [-0.05, 0) is 43.4 Å². The van der Waals surface area contributed by atoms with Crippen LogP contribution in [0.25, 0.3) is 11.5 Å². The van der Waals surface area contributed by atoms with Crippen LogP contribution in [0.3, 0.4) is 0 Å². The molecule has 150 valence electrons. The van der Waals surface area contributed by atoms with Crippen molar-refractivity contribution in [2.75, 3.05) is 23.4 Å². The predicted molar refractivity (Wildman–Crippen MR) is 113 cm³/mol. The molecule has 0 fully saturated rings. The summed E-state index contributed by atoms with van der Waals surface area (Å²) in [6.45, 7) is 6.91. The zero-order valence-corrected chi connectivity index (χ0v) is 17.8. The van der Waals surface area contributed by atoms with Crippen LogP contribution < -0.4 is 9.80 Å². The van der Waals surface area contributed by atoms with Gasteiger partial charge < -0.3 is 4.90 Å². The molecule has 0 unspecified atom stereocenters. The smallest absolute Gasteiger partial charge is 0.224 e. The standard InChI is InChI=1S/C20H23N7OS/c1-12(2)27-8-5-14-9-15(23-11-17(14)27)19-24-18(29-25-19)10-16-20(22-7-6-21-16)26(4)13(3)28/h6-7,9,11-12H,5,8,10H2,1-4H3. The molecule has 0 N–H and O–H groups in total. The summed E-state index contributed by atoms with van der Waals surface area (Å²) < 4.78 is 4.50. The Hall–Kier alpha value is -2.94. The first-order valence-corrected chi connectivity index (χ1v) is 10.3. The van der Waals surface area contributed by atoms with E-state index in [1.54, 1.807) is 19.4 Å². The quantitative estimate of drug-likeness (QED) is 0.640. The van der Waals surface area contributed by atoms with Gasteiger partial charge >= 0.3 is 0 Å². The van der Waals surface area contributed by atoms with Crippen molar-refractivity contribution in [2.24, 2.45) is 0 Å². The number of carbonyl (C=O) groups is 1. The average molecular weight is 410 g/mol. The number of hydrogen-bond acceptors (Lipinski definition) is 8. The van der Waals surface area contributed by atoms with Crippen LogP contribution in [-0.2, 0) is 17.6 Å². The molecule has 3 aromatic rings. The van der Waals surface area contributed by atoms with Gasteiger partial charge in [0.05, 0.1) is 17.6 Å². The van der Waals surface area contributed by atoms with Crippen molar-refractivity contribution < 1.29 is 4.79 Å². The second-order valence-electron chi connectivity index (χ2n) is 7.33. The molecule has 1 amide bonds. The molecule has 0 aromatic carbocycles. The summed E-state index contributed by atoms with van der Waals surface area (Å²) in [5.41, 5.74) is 3.98. The summed E-state index contributed by atoms with van der Waals surface area (Å²) in [4.78, 5) is 33.5. The van der Waals surface area contributed by atoms with Gasteiger partial charge in [-0.3, -0.25) is 19.7 Å². The molecule has 3 aromatic heterocycles. The lowest BCUT2D eigenvalue weighted by Crippen LogP contribution is -2.28. The fraction of sp³-hybridized carbons (Fsp3) is 0.400. The summed E-state index contributed by atoms with van der Waals surface area (Å²) in [6.07, 6.45) is 6.61. The third-order valence-corrected chi connectivity index (χ3v) is 5.79. The highest BCUT2D eigenvalue weighted by Crippen LogP contribution is 2.31. The Balaban J connectivity index is 1.57. The van der Waals surface area contributed by atoms with Gasteiger partial charge in [0.15, 0.2) is 11.6 Å². The molecule has 29 heavy (non-hydrogen) atoms. The first-order valence-electron chi connectivity index (χ1n) is 9.56. The highest BCUT2D eigenvalue weighted by Gasteiger charge is 2.23. The molecule has 0 saturated heterocycles. The van der Waals surface area contributed by atoms with Crippen LogP contribution >= 0.6 is 11.5 Å². The van der Waals surface area contributed by atoms with Crippen molar-refractivity contribution in [3.8, 4) is 11.5 Å². The van der Waals surface area contributed by atoms with Gasteiger partial charge in [-0.1, -0.05) is 0 Å². The molecule has 1 aliphatic heterocycles. The van der Waals surface area contributed by atoms with Crippen molar-refractivity contribution >= 4 is 28.9 Å². The maximum absolute atomic E-state index is 11.7. The fourth-order valence-electron chi connectivity index (χ4n) is 3.46. The Labute approximate surface area is 173 Å². The minimum Gasteiger partial charge on any atom is -0.367 e. The van der Waals surface area contributed by atoms with E-state index in [0.29, 0.717) is 29.8 Å². The highest BCUT2D eigenvalue weighted by atomic mass is 32.1. The first-order chi connectivity index (χ1) is 13.9. The Morgan fingerprint density at radius 2 is 2.07 bits per heavy atom. The van der Waals surface area contributed by atoms with Crippen LogP contribution in [0.1, 0.15) is 37.0 Å². The number of pyridine rings is 1. The largest absolute Gasteiger partial charge is 0.367 e. The molecular formula is C20H23N7OS. The first kappa shape index (κ1) is 19.4. The summed E-state index contributed by atoms with van der Waals surface area (Å²) in [5, 5.41) is 0.810. The maximum atomic E-state index is 11.7. The van der Waals surface area contributed by atoms with E-state index in [1.165, 1.54) is 34.6 Å². The van der Waals surface area contributed by atoms with E-state index in [-0.39, 0.29) is 5.91 Å². The lowest BCUT2D eigenvalue weighted by atomic mass is 10.2. The lowest BCUT2D eigenvalue weighted by Gasteiger charge is -2.23. The third-order valence-electron chi connectivity index (χ3n) is 5.08. The van der Waals surface area contributed by atoms with Crippen LogP contribution in [0, 0.1) is 0 Å². The second kappa shape index (κ2) is 7.82. The molecule has 0 bridgehead atoms. The van der Waals surface area contributed by atoms with Gasteiger partial charge in [0.1, 0.15) is 10.7 Å². The summed E-state index contributed by atoms with van der Waals surface area (Å²) in [7, 11) is 1.69. The van der Waals surface area contributed by atoms with Crippen molar-refractivity contribution in [2.45, 2.75) is 39.7 Å². The van der Waals surface area contributed by atoms with Gasteiger partial charge in [0, 0.05) is 45.4 Å². The lowest BCUT2D eigenvalue weighted by molar-refractivity contribution is -0.116. The number of amides is 1. The molecule has 0 radical (unpaired) electrons. The molecule has 8 nitrogen and oxygen atoms in total. The summed E-state index contributed by atoms with van der Waals surface area (Å²) in [5.74, 6) is 1.07. The monoisotopic (exact) mass is 409 g/mol. The second-order valence-corrected chi connectivity index (χ2v) is 8.16. The molecule has 0 saturated carbocycles. The minimum atomic E-state index is -0.0949. The topological polar surface area (TPSA) is 88.0 Å². The molecule has 1 aliphatic rings. The molecule has 4 rings (SSSR count). The molecule has 0 atom stereocenters. The highest BCUT2D eigenvalue weighted by molar-refractivity contribution is 7.05. The fourth-order valence-corrected chi connectivity index (χ4v) is 4.11. The zero-order valence-electron chi connectivity index (χ0n) is 17.0. The van der Waals surface area contributed by atoms with E-state index < -0.39 is 0 Å². The number of anilines is 2. The van der Waals surface area contributed by atoms with E-state index in [0.717, 1.165) is 23.7 Å². The molecule has 0 aliphatic carbocycles. The summed E-state index contributed by atoms with van der Waals surface area (Å²) >= 11 is 1.32. The van der Waals surface area contributed by atoms with Gasteiger partial charge in [-0.25, -0.2) is 9.97 Å². The van der Waals surface area contributed by atoms with E-state index in [9.17, 15) is 4.79 Å². The Morgan fingerprint density at radius 3 is 2.83 bits per heavy atom. The average Bonchev–Trinajstić information content (AvgIpc) is 3.34. The third kappa shape index (κ3) is 3.82. The van der Waals surface area contributed by atoms with Crippen LogP contribution in [-0.4, -0.2) is 49.9 Å². The maximum Gasteiger partial charge on any atom is 0.224 e. The Kier molecular flexibility index (Phi) is 5.23. The molecule has 9 heteroatoms. The van der Waals surface area contributed by atoms with Crippen molar-refractivity contribution in [3.63, 3.8) is 0 Å². The number of carbonyl (C=O) groups excluding carboxylic acids is 1. The van der Waals surface area contributed by atoms with Crippen LogP contribution in [0.4, 0.5) is 11.5 Å². The van der Waals surface area contributed by atoms with Crippen molar-refractivity contribution in [1.29, 1.82) is 0 Å². The normalized spacial score (nSPS) is 13.1. The number of fused-ring (bicyclic) bond motifs is 1. The summed E-state index contributed by atoms with van der Waals surface area (Å²) in [6, 6.07) is 2.56. The molecule has 0 spiro atoms. The predicted octanol–water partition coefficient (Wildman–Crippen LogP) is 2.73. The van der Waals surface area contributed by atoms with Crippen molar-refractivity contribution in [1.82, 2.24) is 24.3 Å². The van der Waals surface area contributed by atoms with Crippen LogP contribution in [0.2, 0.25) is 0 Å². The van der Waals surface area contributed by atoms with Gasteiger partial charge in [0.2, 0.25) is 5.91 Å². The van der Waals surface area contributed by atoms with E-state index >= 15 is 0 Å². The van der Waals surface area contributed by atoms with E-state index in [4.69, 9.17) is 0 Å². The molecule has 4 heterocycles. The van der Waals surface area contributed by atoms with Gasteiger partial charge in [-0.2, -0.15) is 4.37 Å². The van der Waals surface area contributed by atoms with Crippen LogP contribution in [0.5, 0.6) is 0 Å². The van der Waals surface area contributed by atoms with Gasteiger partial charge in [0.25, 0.3) is 0 Å². The van der Waals surface area contributed by atoms with E-state index in [2.05, 4.69) is 49.1 Å².